The molecule has 1 amide bonds. The number of hydrogen-bond donors (Lipinski definition) is 2. The lowest BCUT2D eigenvalue weighted by atomic mass is 10.2. The highest BCUT2D eigenvalue weighted by Gasteiger charge is 2.11. The molecule has 0 fully saturated rings. The van der Waals surface area contributed by atoms with E-state index in [0.29, 0.717) is 0 Å². The van der Waals surface area contributed by atoms with E-state index >= 15 is 0 Å². The van der Waals surface area contributed by atoms with Crippen LogP contribution in [-0.4, -0.2) is 16.1 Å². The van der Waals surface area contributed by atoms with Crippen molar-refractivity contribution < 1.29 is 13.6 Å². The zero-order valence-corrected chi connectivity index (χ0v) is 8.91. The van der Waals surface area contributed by atoms with Crippen LogP contribution in [-0.2, 0) is 0 Å². The Morgan fingerprint density at radius 2 is 2.00 bits per heavy atom. The van der Waals surface area contributed by atoms with Gasteiger partial charge < -0.3 is 5.32 Å². The topological polar surface area (TPSA) is 74.8 Å². The van der Waals surface area contributed by atoms with Crippen LogP contribution >= 0.6 is 0 Å². The molecule has 0 unspecified atom stereocenters. The van der Waals surface area contributed by atoms with Gasteiger partial charge in [-0.3, -0.25) is 9.59 Å². The van der Waals surface area contributed by atoms with Crippen LogP contribution in [0.5, 0.6) is 0 Å². The SMILES string of the molecule is O=C(Nc1cc(F)ccc1F)c1ccc(=O)[nH]n1. The minimum absolute atomic E-state index is 0.113. The lowest BCUT2D eigenvalue weighted by Gasteiger charge is -2.05. The highest BCUT2D eigenvalue weighted by molar-refractivity contribution is 6.02. The molecule has 2 N–H and O–H groups in total. The lowest BCUT2D eigenvalue weighted by molar-refractivity contribution is 0.102. The molecule has 1 aromatic carbocycles. The van der Waals surface area contributed by atoms with E-state index in [9.17, 15) is 18.4 Å². The molecule has 1 aromatic heterocycles. The molecule has 5 nitrogen and oxygen atoms in total. The van der Waals surface area contributed by atoms with Crippen LogP contribution in [0.2, 0.25) is 0 Å². The molecule has 2 rings (SSSR count). The Bertz CT molecular complexity index is 634. The van der Waals surface area contributed by atoms with Crippen molar-refractivity contribution in [1.29, 1.82) is 0 Å². The Kier molecular flexibility index (Phi) is 3.13. The Morgan fingerprint density at radius 3 is 2.67 bits per heavy atom. The second-order valence-corrected chi connectivity index (χ2v) is 3.38. The first-order valence-electron chi connectivity index (χ1n) is 4.88. The number of aromatic amines is 1. The van der Waals surface area contributed by atoms with Crippen LogP contribution in [0.4, 0.5) is 14.5 Å². The van der Waals surface area contributed by atoms with Crippen molar-refractivity contribution in [3.63, 3.8) is 0 Å². The Hall–Kier alpha value is -2.57. The first kappa shape index (κ1) is 11.9. The number of H-pyrrole nitrogens is 1. The number of hydrogen-bond acceptors (Lipinski definition) is 3. The van der Waals surface area contributed by atoms with Crippen LogP contribution in [0, 0.1) is 11.6 Å². The molecule has 92 valence electrons. The number of rotatable bonds is 2. The van der Waals surface area contributed by atoms with Crippen molar-refractivity contribution in [2.24, 2.45) is 0 Å². The van der Waals surface area contributed by atoms with E-state index in [0.717, 1.165) is 24.3 Å². The van der Waals surface area contributed by atoms with Crippen molar-refractivity contribution in [3.8, 4) is 0 Å². The van der Waals surface area contributed by atoms with Crippen molar-refractivity contribution in [2.75, 3.05) is 5.32 Å². The molecule has 0 saturated carbocycles. The van der Waals surface area contributed by atoms with E-state index in [1.807, 2.05) is 0 Å². The second-order valence-electron chi connectivity index (χ2n) is 3.38. The van der Waals surface area contributed by atoms with Gasteiger partial charge in [0, 0.05) is 12.1 Å². The summed E-state index contributed by atoms with van der Waals surface area (Å²) in [5.74, 6) is -2.20. The third-order valence-electron chi connectivity index (χ3n) is 2.09. The van der Waals surface area contributed by atoms with Gasteiger partial charge in [0.05, 0.1) is 5.69 Å². The zero-order chi connectivity index (χ0) is 13.1. The summed E-state index contributed by atoms with van der Waals surface area (Å²) < 4.78 is 26.1. The largest absolute Gasteiger partial charge is 0.318 e. The highest BCUT2D eigenvalue weighted by Crippen LogP contribution is 2.15. The number of carbonyl (C=O) groups is 1. The fourth-order valence-electron chi connectivity index (χ4n) is 1.25. The average molecular weight is 251 g/mol. The van der Waals surface area contributed by atoms with Crippen molar-refractivity contribution in [3.05, 3.63) is 58.0 Å². The Balaban J connectivity index is 2.23. The first-order valence-corrected chi connectivity index (χ1v) is 4.88. The van der Waals surface area contributed by atoms with E-state index in [2.05, 4.69) is 15.5 Å². The van der Waals surface area contributed by atoms with Crippen molar-refractivity contribution >= 4 is 11.6 Å². The summed E-state index contributed by atoms with van der Waals surface area (Å²) in [5, 5.41) is 7.67. The molecule has 2 aromatic rings. The quantitative estimate of drug-likeness (QED) is 0.844. The number of nitrogens with one attached hydrogen (secondary N) is 2. The van der Waals surface area contributed by atoms with Crippen LogP contribution in [0.3, 0.4) is 0 Å². The van der Waals surface area contributed by atoms with Gasteiger partial charge in [-0.2, -0.15) is 5.10 Å². The Labute approximate surface area is 99.5 Å². The monoisotopic (exact) mass is 251 g/mol. The van der Waals surface area contributed by atoms with Gasteiger partial charge >= 0.3 is 0 Å². The maximum Gasteiger partial charge on any atom is 0.276 e. The minimum Gasteiger partial charge on any atom is -0.318 e. The Morgan fingerprint density at radius 1 is 1.22 bits per heavy atom. The van der Waals surface area contributed by atoms with E-state index in [-0.39, 0.29) is 11.4 Å². The van der Waals surface area contributed by atoms with Crippen molar-refractivity contribution in [2.45, 2.75) is 0 Å². The first-order chi connectivity index (χ1) is 8.56. The molecule has 1 heterocycles. The molecule has 0 aliphatic rings. The van der Waals surface area contributed by atoms with Gasteiger partial charge in [-0.1, -0.05) is 0 Å². The van der Waals surface area contributed by atoms with E-state index in [1.165, 1.54) is 6.07 Å². The highest BCUT2D eigenvalue weighted by atomic mass is 19.1. The van der Waals surface area contributed by atoms with E-state index in [1.54, 1.807) is 0 Å². The molecule has 0 saturated heterocycles. The number of carbonyl (C=O) groups excluding carboxylic acids is 1. The van der Waals surface area contributed by atoms with Crippen LogP contribution in [0.25, 0.3) is 0 Å². The summed E-state index contributed by atoms with van der Waals surface area (Å²) in [6, 6.07) is 4.95. The molecular formula is C11H7F2N3O2. The summed E-state index contributed by atoms with van der Waals surface area (Å²) in [4.78, 5) is 22.3. The lowest BCUT2D eigenvalue weighted by Crippen LogP contribution is -2.18. The molecule has 0 aliphatic heterocycles. The van der Waals surface area contributed by atoms with E-state index < -0.39 is 23.1 Å². The fourth-order valence-corrected chi connectivity index (χ4v) is 1.25. The smallest absolute Gasteiger partial charge is 0.276 e. The third-order valence-corrected chi connectivity index (χ3v) is 2.09. The average Bonchev–Trinajstić information content (AvgIpc) is 2.34. The van der Waals surface area contributed by atoms with Crippen LogP contribution in [0.1, 0.15) is 10.5 Å². The number of halogens is 2. The van der Waals surface area contributed by atoms with Gasteiger partial charge in [0.25, 0.3) is 11.5 Å². The molecule has 7 heteroatoms. The molecule has 0 radical (unpaired) electrons. The maximum atomic E-state index is 13.3. The number of anilines is 1. The second kappa shape index (κ2) is 4.74. The zero-order valence-electron chi connectivity index (χ0n) is 8.91. The van der Waals surface area contributed by atoms with Crippen LogP contribution in [0.15, 0.2) is 35.1 Å². The minimum atomic E-state index is -0.769. The normalized spacial score (nSPS) is 10.1. The summed E-state index contributed by atoms with van der Waals surface area (Å²) in [7, 11) is 0. The third kappa shape index (κ3) is 2.57. The fraction of sp³-hybridized carbons (Fsp3) is 0. The molecule has 0 spiro atoms. The van der Waals surface area contributed by atoms with Gasteiger partial charge in [-0.25, -0.2) is 13.9 Å². The summed E-state index contributed by atoms with van der Waals surface area (Å²) >= 11 is 0. The predicted octanol–water partition coefficient (Wildman–Crippen LogP) is 1.30. The van der Waals surface area contributed by atoms with Gasteiger partial charge in [0.15, 0.2) is 0 Å². The summed E-state index contributed by atoms with van der Waals surface area (Å²) in [6.07, 6.45) is 0. The molecular weight excluding hydrogens is 244 g/mol. The predicted molar refractivity (Wildman–Crippen MR) is 59.2 cm³/mol. The van der Waals surface area contributed by atoms with Gasteiger partial charge in [-0.15, -0.1) is 0 Å². The standard InChI is InChI=1S/C11H7F2N3O2/c12-6-1-2-7(13)9(5-6)14-11(18)8-3-4-10(17)16-15-8/h1-5H,(H,14,18)(H,16,17). The van der Waals surface area contributed by atoms with Gasteiger partial charge in [0.2, 0.25) is 0 Å². The number of aromatic nitrogens is 2. The van der Waals surface area contributed by atoms with Crippen molar-refractivity contribution in [1.82, 2.24) is 10.2 Å². The molecule has 0 aliphatic carbocycles. The molecule has 18 heavy (non-hydrogen) atoms. The molecule has 0 atom stereocenters. The van der Waals surface area contributed by atoms with Gasteiger partial charge in [-0.05, 0) is 18.2 Å². The number of benzene rings is 1. The van der Waals surface area contributed by atoms with E-state index in [4.69, 9.17) is 0 Å². The summed E-state index contributed by atoms with van der Waals surface area (Å²) in [6.45, 7) is 0. The van der Waals surface area contributed by atoms with Gasteiger partial charge in [0.1, 0.15) is 17.3 Å². The molecule has 0 bridgehead atoms. The maximum absolute atomic E-state index is 13.3. The summed E-state index contributed by atoms with van der Waals surface area (Å²) in [5.41, 5.74) is -0.880. The number of nitrogens with zero attached hydrogens (tertiary/aromatic N) is 1. The number of amides is 1. The van der Waals surface area contributed by atoms with Crippen LogP contribution < -0.4 is 10.9 Å².